The molecule has 1 aliphatic heterocycles. The van der Waals surface area contributed by atoms with Crippen LogP contribution >= 0.6 is 23.1 Å². The van der Waals surface area contributed by atoms with Gasteiger partial charge in [-0.2, -0.15) is 11.8 Å². The maximum Gasteiger partial charge on any atom is 0.263 e. The molecule has 2 N–H and O–H groups in total. The van der Waals surface area contributed by atoms with Crippen LogP contribution in [0.25, 0.3) is 10.1 Å². The first-order valence-electron chi connectivity index (χ1n) is 6.29. The number of carbonyl (C=O) groups is 1. The highest BCUT2D eigenvalue weighted by molar-refractivity contribution is 7.99. The quantitative estimate of drug-likeness (QED) is 0.865. The third-order valence-electron chi connectivity index (χ3n) is 3.52. The molecule has 3 rings (SSSR count). The van der Waals surface area contributed by atoms with Crippen molar-refractivity contribution in [3.8, 4) is 0 Å². The molecule has 1 atom stereocenters. The summed E-state index contributed by atoms with van der Waals surface area (Å²) in [6, 6.07) is 8.13. The molecule has 1 unspecified atom stereocenters. The van der Waals surface area contributed by atoms with Crippen molar-refractivity contribution in [1.82, 2.24) is 4.90 Å². The Morgan fingerprint density at radius 3 is 3.00 bits per heavy atom. The van der Waals surface area contributed by atoms with Crippen molar-refractivity contribution in [2.45, 2.75) is 12.5 Å². The fraction of sp³-hybridized carbons (Fsp3) is 0.357. The van der Waals surface area contributed by atoms with Gasteiger partial charge in [-0.1, -0.05) is 0 Å². The van der Waals surface area contributed by atoms with E-state index in [9.17, 15) is 4.79 Å². The molecular weight excluding hydrogens is 276 g/mol. The number of hydrogen-bond acceptors (Lipinski definition) is 4. The number of thiophene rings is 1. The van der Waals surface area contributed by atoms with Gasteiger partial charge in [0, 0.05) is 29.2 Å². The Morgan fingerprint density at radius 2 is 2.26 bits per heavy atom. The molecule has 100 valence electrons. The first kappa shape index (κ1) is 12.8. The summed E-state index contributed by atoms with van der Waals surface area (Å²) < 4.78 is 1.12. The Morgan fingerprint density at radius 1 is 1.42 bits per heavy atom. The molecule has 0 aliphatic carbocycles. The van der Waals surface area contributed by atoms with E-state index in [2.05, 4.69) is 0 Å². The highest BCUT2D eigenvalue weighted by Gasteiger charge is 2.25. The molecule has 0 saturated carbocycles. The minimum atomic E-state index is 0.132. The summed E-state index contributed by atoms with van der Waals surface area (Å²) in [5.74, 6) is 2.35. The molecule has 0 spiro atoms. The summed E-state index contributed by atoms with van der Waals surface area (Å²) in [5, 5.41) is 1.06. The predicted molar refractivity (Wildman–Crippen MR) is 84.1 cm³/mol. The van der Waals surface area contributed by atoms with Gasteiger partial charge in [0.1, 0.15) is 0 Å². The normalized spacial score (nSPS) is 18.9. The van der Waals surface area contributed by atoms with E-state index in [1.807, 2.05) is 48.0 Å². The van der Waals surface area contributed by atoms with Gasteiger partial charge >= 0.3 is 0 Å². The second-order valence-corrected chi connectivity index (χ2v) is 7.07. The van der Waals surface area contributed by atoms with Gasteiger partial charge in [0.05, 0.1) is 4.88 Å². The number of rotatable bonds is 2. The average Bonchev–Trinajstić information content (AvgIpc) is 3.05. The molecule has 0 radical (unpaired) electrons. The van der Waals surface area contributed by atoms with Crippen LogP contribution in [0.3, 0.4) is 0 Å². The number of nitrogens with zero attached hydrogens (tertiary/aromatic N) is 1. The molecule has 2 heterocycles. The predicted octanol–water partition coefficient (Wildman–Crippen LogP) is 3.06. The molecular formula is C14H16N2OS2. The van der Waals surface area contributed by atoms with Gasteiger partial charge in [-0.25, -0.2) is 0 Å². The Labute approximate surface area is 120 Å². The van der Waals surface area contributed by atoms with E-state index >= 15 is 0 Å². The molecule has 1 saturated heterocycles. The van der Waals surface area contributed by atoms with E-state index in [0.717, 1.165) is 38.6 Å². The number of benzene rings is 1. The summed E-state index contributed by atoms with van der Waals surface area (Å²) >= 11 is 3.47. The van der Waals surface area contributed by atoms with Crippen LogP contribution in [0.2, 0.25) is 0 Å². The maximum atomic E-state index is 12.5. The minimum absolute atomic E-state index is 0.132. The molecule has 1 aromatic heterocycles. The molecule has 0 bridgehead atoms. The van der Waals surface area contributed by atoms with Crippen molar-refractivity contribution in [2.24, 2.45) is 0 Å². The molecule has 3 nitrogen and oxygen atoms in total. The number of nitrogens with two attached hydrogens (primary N) is 1. The van der Waals surface area contributed by atoms with Gasteiger partial charge in [0.15, 0.2) is 0 Å². The molecule has 5 heteroatoms. The Bertz CT molecular complexity index is 617. The van der Waals surface area contributed by atoms with E-state index in [1.165, 1.54) is 0 Å². The van der Waals surface area contributed by atoms with Gasteiger partial charge in [-0.3, -0.25) is 4.79 Å². The Balaban J connectivity index is 1.88. The lowest BCUT2D eigenvalue weighted by Gasteiger charge is -2.22. The van der Waals surface area contributed by atoms with Crippen LogP contribution in [-0.2, 0) is 0 Å². The van der Waals surface area contributed by atoms with Gasteiger partial charge < -0.3 is 10.6 Å². The van der Waals surface area contributed by atoms with Crippen LogP contribution in [0.4, 0.5) is 5.69 Å². The fourth-order valence-corrected chi connectivity index (χ4v) is 4.63. The highest BCUT2D eigenvalue weighted by Crippen LogP contribution is 2.29. The smallest absolute Gasteiger partial charge is 0.263 e. The molecule has 2 aromatic rings. The van der Waals surface area contributed by atoms with Crippen LogP contribution in [-0.4, -0.2) is 35.4 Å². The second kappa shape index (κ2) is 5.06. The van der Waals surface area contributed by atoms with E-state index in [-0.39, 0.29) is 5.91 Å². The molecule has 1 amide bonds. The van der Waals surface area contributed by atoms with Crippen molar-refractivity contribution < 1.29 is 4.79 Å². The maximum absolute atomic E-state index is 12.5. The van der Waals surface area contributed by atoms with E-state index in [0.29, 0.717) is 6.04 Å². The summed E-state index contributed by atoms with van der Waals surface area (Å²) in [7, 11) is 1.91. The number of hydrogen-bond donors (Lipinski definition) is 1. The summed E-state index contributed by atoms with van der Waals surface area (Å²) in [6.45, 7) is 0. The minimum Gasteiger partial charge on any atom is -0.399 e. The van der Waals surface area contributed by atoms with Crippen molar-refractivity contribution in [2.75, 3.05) is 24.3 Å². The first-order chi connectivity index (χ1) is 9.15. The average molecular weight is 292 g/mol. The van der Waals surface area contributed by atoms with Crippen LogP contribution in [0.1, 0.15) is 16.1 Å². The second-order valence-electron chi connectivity index (χ2n) is 4.84. The number of carbonyl (C=O) groups excluding carboxylic acids is 1. The van der Waals surface area contributed by atoms with E-state index in [4.69, 9.17) is 5.73 Å². The third-order valence-corrected chi connectivity index (χ3v) is 5.77. The van der Waals surface area contributed by atoms with Crippen molar-refractivity contribution >= 4 is 44.8 Å². The molecule has 1 aromatic carbocycles. The summed E-state index contributed by atoms with van der Waals surface area (Å²) in [6.07, 6.45) is 1.10. The van der Waals surface area contributed by atoms with Gasteiger partial charge in [0.25, 0.3) is 5.91 Å². The van der Waals surface area contributed by atoms with Crippen LogP contribution in [0.5, 0.6) is 0 Å². The zero-order chi connectivity index (χ0) is 13.4. The standard InChI is InChI=1S/C14H16N2OS2/c1-16(11-4-5-18-8-11)14(17)13-7-9-6-10(15)2-3-12(9)19-13/h2-3,6-7,11H,4-5,8,15H2,1H3. The lowest BCUT2D eigenvalue weighted by molar-refractivity contribution is 0.0753. The van der Waals surface area contributed by atoms with Gasteiger partial charge in [-0.15, -0.1) is 11.3 Å². The lowest BCUT2D eigenvalue weighted by atomic mass is 10.2. The van der Waals surface area contributed by atoms with Crippen molar-refractivity contribution in [3.63, 3.8) is 0 Å². The number of anilines is 1. The largest absolute Gasteiger partial charge is 0.399 e. The zero-order valence-electron chi connectivity index (χ0n) is 10.8. The van der Waals surface area contributed by atoms with Crippen LogP contribution in [0.15, 0.2) is 24.3 Å². The Kier molecular flexibility index (Phi) is 3.41. The summed E-state index contributed by atoms with van der Waals surface area (Å²) in [4.78, 5) is 15.2. The summed E-state index contributed by atoms with van der Waals surface area (Å²) in [5.41, 5.74) is 6.52. The topological polar surface area (TPSA) is 46.3 Å². The van der Waals surface area contributed by atoms with Crippen LogP contribution in [0, 0.1) is 0 Å². The SMILES string of the molecule is CN(C(=O)c1cc2cc(N)ccc2s1)C1CCSC1. The Hall–Kier alpha value is -1.20. The third kappa shape index (κ3) is 2.44. The first-order valence-corrected chi connectivity index (χ1v) is 8.26. The van der Waals surface area contributed by atoms with E-state index in [1.54, 1.807) is 11.3 Å². The van der Waals surface area contributed by atoms with Crippen molar-refractivity contribution in [1.29, 1.82) is 0 Å². The van der Waals surface area contributed by atoms with Gasteiger partial charge in [0.2, 0.25) is 0 Å². The number of nitrogen functional groups attached to an aromatic ring is 1. The number of thioether (sulfide) groups is 1. The lowest BCUT2D eigenvalue weighted by Crippen LogP contribution is -2.36. The van der Waals surface area contributed by atoms with Crippen LogP contribution < -0.4 is 5.73 Å². The molecule has 1 aliphatic rings. The molecule has 19 heavy (non-hydrogen) atoms. The molecule has 1 fully saturated rings. The monoisotopic (exact) mass is 292 g/mol. The number of amides is 1. The fourth-order valence-electron chi connectivity index (χ4n) is 2.33. The zero-order valence-corrected chi connectivity index (χ0v) is 12.4. The van der Waals surface area contributed by atoms with E-state index < -0.39 is 0 Å². The number of fused-ring (bicyclic) bond motifs is 1. The highest BCUT2D eigenvalue weighted by atomic mass is 32.2. The van der Waals surface area contributed by atoms with Gasteiger partial charge in [-0.05, 0) is 41.8 Å². The van der Waals surface area contributed by atoms with Crippen molar-refractivity contribution in [3.05, 3.63) is 29.1 Å².